The lowest BCUT2D eigenvalue weighted by Crippen LogP contribution is -2.21. The van der Waals surface area contributed by atoms with E-state index in [0.29, 0.717) is 12.2 Å². The maximum atomic E-state index is 13.8. The minimum absolute atomic E-state index is 0.151. The summed E-state index contributed by atoms with van der Waals surface area (Å²) in [5, 5.41) is 0. The van der Waals surface area contributed by atoms with E-state index in [2.05, 4.69) is 31.9 Å². The molecule has 5 heteroatoms. The van der Waals surface area contributed by atoms with Gasteiger partial charge in [-0.2, -0.15) is 0 Å². The maximum absolute atomic E-state index is 13.8. The minimum Gasteiger partial charge on any atom is -0.381 e. The van der Waals surface area contributed by atoms with Crippen molar-refractivity contribution in [2.45, 2.75) is 17.7 Å². The highest BCUT2D eigenvalue weighted by molar-refractivity contribution is 9.10. The zero-order valence-corrected chi connectivity index (χ0v) is 12.2. The molecule has 0 N–H and O–H groups in total. The molecule has 0 radical (unpaired) electrons. The van der Waals surface area contributed by atoms with Gasteiger partial charge in [-0.1, -0.05) is 15.9 Å². The van der Waals surface area contributed by atoms with Crippen molar-refractivity contribution < 1.29 is 13.5 Å². The number of halogens is 4. The van der Waals surface area contributed by atoms with Gasteiger partial charge in [0.05, 0.1) is 11.1 Å². The van der Waals surface area contributed by atoms with E-state index in [0.717, 1.165) is 19.4 Å². The van der Waals surface area contributed by atoms with Gasteiger partial charge in [-0.05, 0) is 46.8 Å². The summed E-state index contributed by atoms with van der Waals surface area (Å²) in [5.41, 5.74) is 0.362. The Labute approximate surface area is 116 Å². The fraction of sp³-hybridized carbons (Fsp3) is 0.500. The largest absolute Gasteiger partial charge is 0.381 e. The summed E-state index contributed by atoms with van der Waals surface area (Å²) in [6.07, 6.45) is 1.93. The zero-order valence-electron chi connectivity index (χ0n) is 9.06. The van der Waals surface area contributed by atoms with Crippen molar-refractivity contribution in [1.82, 2.24) is 0 Å². The zero-order chi connectivity index (χ0) is 12.4. The molecule has 0 aliphatic carbocycles. The molecule has 1 saturated heterocycles. The van der Waals surface area contributed by atoms with Gasteiger partial charge in [0.25, 0.3) is 0 Å². The second-order valence-corrected chi connectivity index (χ2v) is 6.01. The number of alkyl halides is 1. The molecule has 2 rings (SSSR count). The average molecular weight is 370 g/mol. The Morgan fingerprint density at radius 2 is 2.06 bits per heavy atom. The van der Waals surface area contributed by atoms with E-state index in [1.54, 1.807) is 0 Å². The first kappa shape index (κ1) is 13.4. The summed E-state index contributed by atoms with van der Waals surface area (Å²) in [6, 6.07) is 2.41. The summed E-state index contributed by atoms with van der Waals surface area (Å²) >= 11 is 6.43. The van der Waals surface area contributed by atoms with Crippen molar-refractivity contribution >= 4 is 31.9 Å². The van der Waals surface area contributed by atoms with Gasteiger partial charge >= 0.3 is 0 Å². The van der Waals surface area contributed by atoms with Gasteiger partial charge in [0, 0.05) is 17.0 Å². The lowest BCUT2D eigenvalue weighted by Gasteiger charge is -2.27. The van der Waals surface area contributed by atoms with Crippen molar-refractivity contribution in [1.29, 1.82) is 0 Å². The summed E-state index contributed by atoms with van der Waals surface area (Å²) < 4.78 is 32.7. The van der Waals surface area contributed by atoms with Gasteiger partial charge in [0.15, 0.2) is 0 Å². The van der Waals surface area contributed by atoms with Crippen LogP contribution in [0, 0.1) is 17.6 Å². The Kier molecular flexibility index (Phi) is 4.55. The topological polar surface area (TPSA) is 9.23 Å². The lowest BCUT2D eigenvalue weighted by molar-refractivity contribution is 0.0543. The first-order chi connectivity index (χ1) is 8.09. The molecule has 0 aromatic heterocycles. The molecule has 0 bridgehead atoms. The summed E-state index contributed by atoms with van der Waals surface area (Å²) in [5.74, 6) is -0.646. The predicted octanol–water partition coefficient (Wildman–Crippen LogP) is 4.59. The summed E-state index contributed by atoms with van der Waals surface area (Å²) in [4.78, 5) is -0.203. The van der Waals surface area contributed by atoms with Gasteiger partial charge in [-0.3, -0.25) is 0 Å². The molecule has 2 unspecified atom stereocenters. The highest BCUT2D eigenvalue weighted by Gasteiger charge is 2.26. The first-order valence-corrected chi connectivity index (χ1v) is 7.16. The molecule has 2 atom stereocenters. The third-order valence-corrected chi connectivity index (χ3v) is 4.79. The van der Waals surface area contributed by atoms with Crippen molar-refractivity contribution in [2.24, 2.45) is 5.92 Å². The summed E-state index contributed by atoms with van der Waals surface area (Å²) in [6.45, 7) is 1.35. The molecule has 1 fully saturated rings. The molecule has 1 aromatic rings. The molecular weight excluding hydrogens is 358 g/mol. The Morgan fingerprint density at radius 1 is 1.29 bits per heavy atom. The molecule has 1 aromatic carbocycles. The van der Waals surface area contributed by atoms with Crippen LogP contribution in [0.3, 0.4) is 0 Å². The maximum Gasteiger partial charge on any atom is 0.137 e. The molecule has 1 nitrogen and oxygen atoms in total. The van der Waals surface area contributed by atoms with E-state index in [1.807, 2.05) is 0 Å². The van der Waals surface area contributed by atoms with E-state index in [1.165, 1.54) is 12.1 Å². The average Bonchev–Trinajstić information content (AvgIpc) is 2.34. The number of ether oxygens (including phenoxy) is 1. The fourth-order valence-corrected chi connectivity index (χ4v) is 3.08. The van der Waals surface area contributed by atoms with Crippen LogP contribution in [0.1, 0.15) is 23.2 Å². The Balaban J connectivity index is 2.23. The third kappa shape index (κ3) is 3.06. The van der Waals surface area contributed by atoms with Crippen molar-refractivity contribution in [2.75, 3.05) is 13.2 Å². The van der Waals surface area contributed by atoms with Crippen LogP contribution in [0.4, 0.5) is 8.78 Å². The summed E-state index contributed by atoms with van der Waals surface area (Å²) in [7, 11) is 0. The number of hydrogen-bond acceptors (Lipinski definition) is 1. The Bertz CT molecular complexity index is 406. The molecule has 1 heterocycles. The SMILES string of the molecule is Fc1cc(C(Br)C2CCCOC2)c(F)cc1Br. The van der Waals surface area contributed by atoms with E-state index in [-0.39, 0.29) is 15.2 Å². The van der Waals surface area contributed by atoms with Gasteiger partial charge < -0.3 is 4.74 Å². The number of benzene rings is 1. The normalized spacial score (nSPS) is 22.5. The Hall–Kier alpha value is -0.000000000000000111. The molecule has 1 aliphatic rings. The van der Waals surface area contributed by atoms with Gasteiger partial charge in [-0.25, -0.2) is 8.78 Å². The van der Waals surface area contributed by atoms with E-state index in [4.69, 9.17) is 4.74 Å². The van der Waals surface area contributed by atoms with Crippen LogP contribution >= 0.6 is 31.9 Å². The molecule has 94 valence electrons. The molecule has 17 heavy (non-hydrogen) atoms. The third-order valence-electron chi connectivity index (χ3n) is 2.95. The van der Waals surface area contributed by atoms with Crippen molar-refractivity contribution in [3.63, 3.8) is 0 Å². The van der Waals surface area contributed by atoms with Gasteiger partial charge in [0.1, 0.15) is 11.6 Å². The quantitative estimate of drug-likeness (QED) is 0.547. The smallest absolute Gasteiger partial charge is 0.137 e. The second-order valence-electron chi connectivity index (χ2n) is 4.17. The van der Waals surface area contributed by atoms with E-state index >= 15 is 0 Å². The number of rotatable bonds is 2. The molecule has 0 saturated carbocycles. The van der Waals surface area contributed by atoms with Crippen LogP contribution in [0.5, 0.6) is 0 Å². The van der Waals surface area contributed by atoms with Gasteiger partial charge in [-0.15, -0.1) is 0 Å². The van der Waals surface area contributed by atoms with Crippen LogP contribution in [0.15, 0.2) is 16.6 Å². The molecule has 0 spiro atoms. The van der Waals surface area contributed by atoms with Gasteiger partial charge in [0.2, 0.25) is 0 Å². The van der Waals surface area contributed by atoms with Crippen LogP contribution < -0.4 is 0 Å². The van der Waals surface area contributed by atoms with Crippen molar-refractivity contribution in [3.05, 3.63) is 33.8 Å². The molecule has 0 amide bonds. The lowest BCUT2D eigenvalue weighted by atomic mass is 9.94. The predicted molar refractivity (Wildman–Crippen MR) is 69.3 cm³/mol. The highest BCUT2D eigenvalue weighted by atomic mass is 79.9. The number of hydrogen-bond donors (Lipinski definition) is 0. The first-order valence-electron chi connectivity index (χ1n) is 5.46. The minimum atomic E-state index is -0.442. The fourth-order valence-electron chi connectivity index (χ4n) is 2.00. The van der Waals surface area contributed by atoms with E-state index < -0.39 is 11.6 Å². The van der Waals surface area contributed by atoms with Crippen LogP contribution in [-0.2, 0) is 4.74 Å². The Morgan fingerprint density at radius 3 is 2.71 bits per heavy atom. The molecule has 1 aliphatic heterocycles. The van der Waals surface area contributed by atoms with E-state index in [9.17, 15) is 8.78 Å². The van der Waals surface area contributed by atoms with Crippen LogP contribution in [-0.4, -0.2) is 13.2 Å². The molecular formula is C12H12Br2F2O. The highest BCUT2D eigenvalue weighted by Crippen LogP contribution is 2.38. The van der Waals surface area contributed by atoms with Crippen molar-refractivity contribution in [3.8, 4) is 0 Å². The van der Waals surface area contributed by atoms with Crippen LogP contribution in [0.25, 0.3) is 0 Å². The monoisotopic (exact) mass is 368 g/mol. The second kappa shape index (κ2) is 5.76. The standard InChI is InChI=1S/C12H12Br2F2O/c13-9-5-10(15)8(4-11(9)16)12(14)7-2-1-3-17-6-7/h4-5,7,12H,1-3,6H2. The van der Waals surface area contributed by atoms with Crippen LogP contribution in [0.2, 0.25) is 0 Å².